The number of carbonyl (C=O) groups excluding carboxylic acids is 2. The van der Waals surface area contributed by atoms with Gasteiger partial charge in [0.15, 0.2) is 24.0 Å². The minimum Gasteiger partial charge on any atom is -0.489 e. The van der Waals surface area contributed by atoms with Gasteiger partial charge in [0.25, 0.3) is 5.91 Å². The molecule has 4 heterocycles. The average molecular weight is 676 g/mol. The number of hydrogen-bond donors (Lipinski definition) is 8. The fraction of sp³-hybridized carbons (Fsp3) is 0.500. The largest absolute Gasteiger partial charge is 0.489 e. The fourth-order valence-electron chi connectivity index (χ4n) is 5.62. The Morgan fingerprint density at radius 2 is 1.85 bits per heavy atom. The van der Waals surface area contributed by atoms with Gasteiger partial charge < -0.3 is 52.1 Å². The van der Waals surface area contributed by atoms with Gasteiger partial charge in [-0.05, 0) is 37.1 Å². The summed E-state index contributed by atoms with van der Waals surface area (Å²) >= 11 is 6.19. The number of likely N-dealkylation sites (tertiary alicyclic amines) is 1. The maximum absolute atomic E-state index is 13.3. The maximum atomic E-state index is 13.3. The Morgan fingerprint density at radius 1 is 1.11 bits per heavy atom. The van der Waals surface area contributed by atoms with Crippen molar-refractivity contribution in [1.82, 2.24) is 36.5 Å². The summed E-state index contributed by atoms with van der Waals surface area (Å²) in [5, 5.41) is 30.4. The average Bonchev–Trinajstić information content (AvgIpc) is 3.38. The van der Waals surface area contributed by atoms with Crippen LogP contribution in [0.15, 0.2) is 72.9 Å². The quantitative estimate of drug-likeness (QED) is 0.0647. The second kappa shape index (κ2) is 14.7. The number of nitrogens with zero attached hydrogens (tertiary/aromatic N) is 7. The Bertz CT molecular complexity index is 1460. The van der Waals surface area contributed by atoms with E-state index >= 15 is 0 Å². The number of halogens is 1. The second-order valence-corrected chi connectivity index (χ2v) is 11.4. The van der Waals surface area contributed by atoms with E-state index in [2.05, 4.69) is 52.3 Å². The van der Waals surface area contributed by atoms with Gasteiger partial charge in [0, 0.05) is 30.7 Å². The Kier molecular flexibility index (Phi) is 10.4. The van der Waals surface area contributed by atoms with E-state index < -0.39 is 36.1 Å². The minimum absolute atomic E-state index is 0.00806. The summed E-state index contributed by atoms with van der Waals surface area (Å²) in [5.41, 5.74) is 0.123. The van der Waals surface area contributed by atoms with E-state index in [0.29, 0.717) is 55.6 Å². The molecule has 4 atom stereocenters. The van der Waals surface area contributed by atoms with Crippen molar-refractivity contribution < 1.29 is 23.8 Å². The van der Waals surface area contributed by atoms with Gasteiger partial charge in [-0.2, -0.15) is 0 Å². The molecule has 0 radical (unpaired) electrons. The van der Waals surface area contributed by atoms with Crippen LogP contribution in [0, 0.1) is 0 Å². The lowest BCUT2D eigenvalue weighted by Gasteiger charge is -2.39. The van der Waals surface area contributed by atoms with Crippen LogP contribution in [0.1, 0.15) is 23.2 Å². The zero-order chi connectivity index (χ0) is 33.6. The van der Waals surface area contributed by atoms with E-state index in [0.717, 1.165) is 0 Å². The number of nitrogens with two attached hydrogens (primary N) is 3. The highest BCUT2D eigenvalue weighted by molar-refractivity contribution is 6.29. The standard InChI is InChI=1S/C26H38ClN15O5/c1-45-17-11-18(46-2)32-16(31-17)12-47-15-5-3-14(4-6-15)24(44)41-9-7-26(8-10-41)13-42(30)25(36-26)35-23(43)19-21(37-39-28)34-22(38-40-29)20(27)33-19/h3-6,11,16,19,21,25,31,33-34,36H,7-10,12-13,30H2,1-2H3,(H2,28,37)(H2,29,38)(H,35,43). The maximum Gasteiger partial charge on any atom is 0.253 e. The Balaban J connectivity index is 1.12. The summed E-state index contributed by atoms with van der Waals surface area (Å²) in [4.78, 5) is 32.7. The molecule has 2 amide bonds. The van der Waals surface area contributed by atoms with E-state index in [4.69, 9.17) is 43.3 Å². The first-order valence-corrected chi connectivity index (χ1v) is 14.9. The molecule has 1 aromatic carbocycles. The van der Waals surface area contributed by atoms with E-state index in [1.165, 1.54) is 12.1 Å². The first kappa shape index (κ1) is 33.4. The van der Waals surface area contributed by atoms with Crippen LogP contribution < -0.4 is 48.8 Å². The number of ether oxygens (including phenoxy) is 3. The highest BCUT2D eigenvalue weighted by Crippen LogP contribution is 2.29. The molecule has 20 nitrogen and oxygen atoms in total. The molecule has 4 aliphatic heterocycles. The smallest absolute Gasteiger partial charge is 0.253 e. The Morgan fingerprint density at radius 3 is 2.51 bits per heavy atom. The zero-order valence-corrected chi connectivity index (χ0v) is 26.5. The van der Waals surface area contributed by atoms with Crippen LogP contribution in [0.4, 0.5) is 0 Å². The number of carbonyl (C=O) groups is 2. The normalized spacial score (nSPS) is 25.9. The van der Waals surface area contributed by atoms with E-state index in [-0.39, 0.29) is 23.5 Å². The molecule has 5 rings (SSSR count). The lowest BCUT2D eigenvalue weighted by atomic mass is 9.88. The number of aliphatic imine (C=N–C) groups is 1. The van der Waals surface area contributed by atoms with Crippen molar-refractivity contribution in [3.8, 4) is 5.75 Å². The van der Waals surface area contributed by atoms with E-state index in [1.807, 2.05) is 0 Å². The van der Waals surface area contributed by atoms with Crippen LogP contribution in [0.25, 0.3) is 0 Å². The summed E-state index contributed by atoms with van der Waals surface area (Å²) in [7, 11) is 3.08. The third kappa shape index (κ3) is 7.73. The Hall–Kier alpha value is -4.92. The molecule has 4 aliphatic rings. The van der Waals surface area contributed by atoms with Crippen molar-refractivity contribution >= 4 is 29.3 Å². The van der Waals surface area contributed by atoms with E-state index in [1.54, 1.807) is 42.4 Å². The third-order valence-corrected chi connectivity index (χ3v) is 8.34. The van der Waals surface area contributed by atoms with Crippen molar-refractivity contribution in [3.63, 3.8) is 0 Å². The van der Waals surface area contributed by atoms with Gasteiger partial charge >= 0.3 is 0 Å². The SMILES string of the molecule is COC1=CC(OC)=NC(COc2ccc(C(=O)N3CCC4(CC3)CN(N)C(NC(=O)C3NC(Cl)=C(N=NN)NC3N=NN)N4)cc2)N1. The minimum atomic E-state index is -1.00. The molecule has 1 aromatic rings. The van der Waals surface area contributed by atoms with Gasteiger partial charge in [-0.15, -0.1) is 10.2 Å². The van der Waals surface area contributed by atoms with Crippen molar-refractivity contribution in [2.75, 3.05) is 40.5 Å². The third-order valence-electron chi connectivity index (χ3n) is 8.05. The predicted octanol–water partition coefficient (Wildman–Crippen LogP) is -1.41. The van der Waals surface area contributed by atoms with Crippen LogP contribution in [-0.2, 0) is 14.3 Å². The molecule has 0 aromatic heterocycles. The number of nitrogens with one attached hydrogen (secondary N) is 5. The molecular formula is C26H38ClN15O5. The highest BCUT2D eigenvalue weighted by Gasteiger charge is 2.46. The fourth-order valence-corrected chi connectivity index (χ4v) is 5.83. The highest BCUT2D eigenvalue weighted by atomic mass is 35.5. The molecule has 11 N–H and O–H groups in total. The number of methoxy groups -OCH3 is 2. The molecule has 1 spiro atoms. The molecule has 0 saturated carbocycles. The van der Waals surface area contributed by atoms with Crippen LogP contribution in [0.3, 0.4) is 0 Å². The Labute approximate surface area is 274 Å². The molecule has 0 aliphatic carbocycles. The summed E-state index contributed by atoms with van der Waals surface area (Å²) in [6, 6.07) is 5.95. The first-order valence-electron chi connectivity index (χ1n) is 14.6. The van der Waals surface area contributed by atoms with Gasteiger partial charge in [-0.3, -0.25) is 20.7 Å². The van der Waals surface area contributed by atoms with Crippen molar-refractivity contribution in [2.45, 2.75) is 43.0 Å². The number of hydrogen-bond acceptors (Lipinski definition) is 16. The topological polar surface area (TPSA) is 268 Å². The van der Waals surface area contributed by atoms with E-state index in [9.17, 15) is 9.59 Å². The molecule has 254 valence electrons. The van der Waals surface area contributed by atoms with Gasteiger partial charge in [0.05, 0.1) is 20.3 Å². The number of piperidine rings is 1. The molecule has 2 fully saturated rings. The number of hydrazine groups is 1. The summed E-state index contributed by atoms with van der Waals surface area (Å²) in [6.07, 6.45) is 0.834. The lowest BCUT2D eigenvalue weighted by Crippen LogP contribution is -2.63. The van der Waals surface area contributed by atoms with Gasteiger partial charge in [-0.1, -0.05) is 22.0 Å². The zero-order valence-electron chi connectivity index (χ0n) is 25.7. The molecular weight excluding hydrogens is 638 g/mol. The van der Waals surface area contributed by atoms with Crippen molar-refractivity contribution in [3.05, 3.63) is 52.8 Å². The van der Waals surface area contributed by atoms with Gasteiger partial charge in [0.1, 0.15) is 29.8 Å². The monoisotopic (exact) mass is 675 g/mol. The van der Waals surface area contributed by atoms with Crippen LogP contribution in [-0.4, -0.2) is 98.3 Å². The molecule has 21 heteroatoms. The molecule has 2 saturated heterocycles. The molecule has 4 unspecified atom stereocenters. The van der Waals surface area contributed by atoms with Gasteiger partial charge in [-0.25, -0.2) is 10.0 Å². The lowest BCUT2D eigenvalue weighted by molar-refractivity contribution is -0.125. The van der Waals surface area contributed by atoms with Crippen LogP contribution in [0.5, 0.6) is 5.75 Å². The van der Waals surface area contributed by atoms with Crippen molar-refractivity contribution in [2.24, 2.45) is 43.2 Å². The van der Waals surface area contributed by atoms with Gasteiger partial charge in [0.2, 0.25) is 11.8 Å². The molecule has 47 heavy (non-hydrogen) atoms. The summed E-state index contributed by atoms with van der Waals surface area (Å²) in [6.45, 7) is 1.66. The number of benzene rings is 1. The number of rotatable bonds is 9. The van der Waals surface area contributed by atoms with Crippen LogP contribution in [0.2, 0.25) is 0 Å². The summed E-state index contributed by atoms with van der Waals surface area (Å²) in [5.74, 6) is 17.7. The summed E-state index contributed by atoms with van der Waals surface area (Å²) < 4.78 is 16.3. The van der Waals surface area contributed by atoms with Crippen molar-refractivity contribution in [1.29, 1.82) is 0 Å². The van der Waals surface area contributed by atoms with Crippen LogP contribution >= 0.6 is 11.6 Å². The second-order valence-electron chi connectivity index (χ2n) is 11.0. The molecule has 0 bridgehead atoms. The number of amides is 2. The first-order chi connectivity index (χ1) is 22.7. The predicted molar refractivity (Wildman–Crippen MR) is 167 cm³/mol.